The van der Waals surface area contributed by atoms with Gasteiger partial charge in [-0.2, -0.15) is 0 Å². The van der Waals surface area contributed by atoms with Crippen LogP contribution in [0.3, 0.4) is 0 Å². The third kappa shape index (κ3) is 4.59. The summed E-state index contributed by atoms with van der Waals surface area (Å²) in [5.74, 6) is 0.176. The number of thioether (sulfide) groups is 1. The molecule has 3 saturated carbocycles. The Morgan fingerprint density at radius 3 is 2.69 bits per heavy atom. The molecular formula is C35H37NO8S. The van der Waals surface area contributed by atoms with Crippen molar-refractivity contribution in [2.24, 2.45) is 28.6 Å². The van der Waals surface area contributed by atoms with Gasteiger partial charge in [0.25, 0.3) is 5.69 Å². The van der Waals surface area contributed by atoms with Gasteiger partial charge in [-0.3, -0.25) is 19.7 Å². The standard InChI is InChI=1S/C35H37NO8S/c1-33-13-12-24(38)15-22(33)8-11-26-27-16-30-35(29(40)18-37,34(27,2)17-28(39)31(26)33)44-32(43-30)21-6-9-25(10-7-21)45-19-20-4-3-5-23(14-20)36(41)42/h3-7,9-10,12-15,26-28,30-32,37,39H,8,11,16-19H2,1-2H3/t26-,27-,28-,30+,31+,32-,33-,34-,35+/m0/s1. The molecule has 2 N–H and O–H groups in total. The van der Waals surface area contributed by atoms with Crippen LogP contribution >= 0.6 is 11.8 Å². The molecule has 1 heterocycles. The first-order chi connectivity index (χ1) is 21.5. The van der Waals surface area contributed by atoms with Gasteiger partial charge in [-0.25, -0.2) is 0 Å². The van der Waals surface area contributed by atoms with E-state index in [9.17, 15) is 29.9 Å². The van der Waals surface area contributed by atoms with Crippen molar-refractivity contribution in [2.75, 3.05) is 6.61 Å². The number of nitrogens with zero attached hydrogens (tertiary/aromatic N) is 1. The van der Waals surface area contributed by atoms with Gasteiger partial charge < -0.3 is 19.7 Å². The topological polar surface area (TPSA) is 136 Å². The summed E-state index contributed by atoms with van der Waals surface area (Å²) >= 11 is 1.56. The number of benzene rings is 2. The smallest absolute Gasteiger partial charge is 0.269 e. The van der Waals surface area contributed by atoms with Gasteiger partial charge in [0.2, 0.25) is 0 Å². The van der Waals surface area contributed by atoms with Crippen molar-refractivity contribution < 1.29 is 34.2 Å². The number of carbonyl (C=O) groups excluding carboxylic acids is 2. The molecule has 7 rings (SSSR count). The second-order valence-electron chi connectivity index (χ2n) is 13.6. The maximum Gasteiger partial charge on any atom is 0.269 e. The maximum absolute atomic E-state index is 13.7. The molecule has 9 nitrogen and oxygen atoms in total. The molecule has 2 aromatic carbocycles. The van der Waals surface area contributed by atoms with Crippen LogP contribution < -0.4 is 0 Å². The summed E-state index contributed by atoms with van der Waals surface area (Å²) in [4.78, 5) is 37.6. The van der Waals surface area contributed by atoms with Gasteiger partial charge in [0, 0.05) is 45.1 Å². The Balaban J connectivity index is 1.12. The molecule has 10 heteroatoms. The molecule has 0 amide bonds. The van der Waals surface area contributed by atoms with Crippen molar-refractivity contribution in [3.8, 4) is 0 Å². The van der Waals surface area contributed by atoms with E-state index in [1.165, 1.54) is 6.07 Å². The van der Waals surface area contributed by atoms with E-state index >= 15 is 0 Å². The zero-order chi connectivity index (χ0) is 31.7. The minimum absolute atomic E-state index is 0.0131. The molecule has 0 aromatic heterocycles. The van der Waals surface area contributed by atoms with Gasteiger partial charge in [0.1, 0.15) is 6.61 Å². The third-order valence-electron chi connectivity index (χ3n) is 11.5. The normalized spacial score (nSPS) is 38.1. The molecule has 1 aliphatic heterocycles. The van der Waals surface area contributed by atoms with Crippen LogP contribution in [0.25, 0.3) is 0 Å². The average molecular weight is 632 g/mol. The Labute approximate surface area is 265 Å². The highest BCUT2D eigenvalue weighted by molar-refractivity contribution is 7.98. The highest BCUT2D eigenvalue weighted by Crippen LogP contribution is 2.70. The highest BCUT2D eigenvalue weighted by atomic mass is 32.2. The Morgan fingerprint density at radius 1 is 1.18 bits per heavy atom. The Hall–Kier alpha value is -3.15. The number of non-ortho nitro benzene ring substituents is 1. The Kier molecular flexibility index (Phi) is 7.44. The van der Waals surface area contributed by atoms with Crippen molar-refractivity contribution in [3.63, 3.8) is 0 Å². The zero-order valence-electron chi connectivity index (χ0n) is 25.3. The number of hydrogen-bond acceptors (Lipinski definition) is 9. The second kappa shape index (κ2) is 11.0. The maximum atomic E-state index is 13.7. The molecule has 1 saturated heterocycles. The number of ether oxygens (including phenoxy) is 2. The Morgan fingerprint density at radius 2 is 1.96 bits per heavy atom. The first kappa shape index (κ1) is 30.5. The van der Waals surface area contributed by atoms with Crippen LogP contribution in [-0.2, 0) is 24.8 Å². The van der Waals surface area contributed by atoms with Gasteiger partial charge in [-0.1, -0.05) is 49.8 Å². The number of Topliss-reactive ketones (excluding diaryl/α,β-unsaturated/α-hetero) is 1. The number of hydrogen-bond donors (Lipinski definition) is 2. The third-order valence-corrected chi connectivity index (χ3v) is 12.6. The van der Waals surface area contributed by atoms with Gasteiger partial charge in [0.05, 0.1) is 17.1 Å². The number of aliphatic hydroxyl groups excluding tert-OH is 2. The quantitative estimate of drug-likeness (QED) is 0.231. The molecule has 0 spiro atoms. The van der Waals surface area contributed by atoms with Crippen LogP contribution in [-0.4, -0.2) is 51.1 Å². The molecule has 45 heavy (non-hydrogen) atoms. The Bertz CT molecular complexity index is 1620. The largest absolute Gasteiger partial charge is 0.393 e. The van der Waals surface area contributed by atoms with E-state index in [0.717, 1.165) is 34.4 Å². The molecule has 4 aliphatic carbocycles. The fourth-order valence-corrected chi connectivity index (χ4v) is 10.3. The molecule has 0 radical (unpaired) electrons. The predicted octanol–water partition coefficient (Wildman–Crippen LogP) is 5.49. The monoisotopic (exact) mass is 631 g/mol. The van der Waals surface area contributed by atoms with Crippen LogP contribution in [0, 0.1) is 38.7 Å². The lowest BCUT2D eigenvalue weighted by atomic mass is 9.46. The number of nitro groups is 1. The molecule has 0 bridgehead atoms. The van der Waals surface area contributed by atoms with Crippen molar-refractivity contribution in [1.29, 1.82) is 0 Å². The van der Waals surface area contributed by atoms with Gasteiger partial charge in [0.15, 0.2) is 23.5 Å². The lowest BCUT2D eigenvalue weighted by Gasteiger charge is -2.59. The number of fused-ring (bicyclic) bond motifs is 7. The van der Waals surface area contributed by atoms with Crippen LogP contribution in [0.4, 0.5) is 5.69 Å². The minimum Gasteiger partial charge on any atom is -0.393 e. The van der Waals surface area contributed by atoms with E-state index < -0.39 is 52.2 Å². The summed E-state index contributed by atoms with van der Waals surface area (Å²) in [5, 5.41) is 33.1. The van der Waals surface area contributed by atoms with Crippen molar-refractivity contribution >= 4 is 29.0 Å². The molecule has 2 aromatic rings. The summed E-state index contributed by atoms with van der Waals surface area (Å²) in [7, 11) is 0. The van der Waals surface area contributed by atoms with Crippen LogP contribution in [0.5, 0.6) is 0 Å². The van der Waals surface area contributed by atoms with E-state index in [1.807, 2.05) is 43.3 Å². The molecule has 9 atom stereocenters. The zero-order valence-corrected chi connectivity index (χ0v) is 26.1. The summed E-state index contributed by atoms with van der Waals surface area (Å²) in [6, 6.07) is 14.3. The van der Waals surface area contributed by atoms with Crippen LogP contribution in [0.15, 0.2) is 77.2 Å². The lowest BCUT2D eigenvalue weighted by molar-refractivity contribution is -0.384. The molecule has 5 aliphatic rings. The van der Waals surface area contributed by atoms with Crippen molar-refractivity contribution in [2.45, 2.75) is 74.3 Å². The van der Waals surface area contributed by atoms with Crippen molar-refractivity contribution in [1.82, 2.24) is 0 Å². The van der Waals surface area contributed by atoms with E-state index in [0.29, 0.717) is 18.6 Å². The number of rotatable bonds is 7. The van der Waals surface area contributed by atoms with Crippen LogP contribution in [0.1, 0.15) is 56.9 Å². The predicted molar refractivity (Wildman–Crippen MR) is 166 cm³/mol. The van der Waals surface area contributed by atoms with Gasteiger partial charge in [-0.05, 0) is 67.4 Å². The van der Waals surface area contributed by atoms with E-state index in [2.05, 4.69) is 6.92 Å². The lowest BCUT2D eigenvalue weighted by Crippen LogP contribution is -2.63. The van der Waals surface area contributed by atoms with E-state index in [1.54, 1.807) is 36.0 Å². The SMILES string of the molecule is C[C@]12C=CC(=O)C=C1CC[C@@H]1[C@@H]2[C@@H](O)C[C@@]2(C)[C@H]1C[C@H]1O[C@H](c3ccc(SCc4cccc([N+](=O)[O-])c4)cc3)O[C@]12C(=O)CO. The van der Waals surface area contributed by atoms with Crippen molar-refractivity contribution in [3.05, 3.63) is 93.6 Å². The molecular weight excluding hydrogens is 594 g/mol. The molecule has 0 unspecified atom stereocenters. The van der Waals surface area contributed by atoms with Crippen LogP contribution in [0.2, 0.25) is 0 Å². The minimum atomic E-state index is -1.39. The fourth-order valence-electron chi connectivity index (χ4n) is 9.48. The number of ketones is 2. The molecule has 4 fully saturated rings. The second-order valence-corrected chi connectivity index (χ2v) is 14.7. The fraction of sp³-hybridized carbons (Fsp3) is 0.486. The van der Waals surface area contributed by atoms with E-state index in [-0.39, 0.29) is 29.2 Å². The number of nitro benzene ring substituents is 1. The summed E-state index contributed by atoms with van der Waals surface area (Å²) in [6.07, 6.45) is 5.68. The van der Waals surface area contributed by atoms with Gasteiger partial charge in [-0.15, -0.1) is 11.8 Å². The summed E-state index contributed by atoms with van der Waals surface area (Å²) < 4.78 is 13.2. The number of allylic oxidation sites excluding steroid dienone is 4. The van der Waals surface area contributed by atoms with E-state index in [4.69, 9.17) is 9.47 Å². The summed E-state index contributed by atoms with van der Waals surface area (Å²) in [5.41, 5.74) is 0.154. The highest BCUT2D eigenvalue weighted by Gasteiger charge is 2.75. The number of carbonyl (C=O) groups is 2. The molecule has 236 valence electrons. The van der Waals surface area contributed by atoms with Gasteiger partial charge >= 0.3 is 0 Å². The summed E-state index contributed by atoms with van der Waals surface area (Å²) in [6.45, 7) is 3.46. The first-order valence-corrected chi connectivity index (χ1v) is 16.5. The average Bonchev–Trinajstić information content (AvgIpc) is 3.53. The number of aliphatic hydroxyl groups is 2. The first-order valence-electron chi connectivity index (χ1n) is 15.6.